The minimum absolute atomic E-state index is 0.243. The zero-order valence-corrected chi connectivity index (χ0v) is 35.0. The van der Waals surface area contributed by atoms with Gasteiger partial charge in [-0.05, 0) is 35.1 Å². The molecule has 0 bridgehead atoms. The van der Waals surface area contributed by atoms with Gasteiger partial charge in [-0.25, -0.2) is 0 Å². The number of alkyl halides is 6. The number of hydrogen-bond donors (Lipinski definition) is 2. The Morgan fingerprint density at radius 2 is 0.964 bits per heavy atom. The Morgan fingerprint density at radius 1 is 0.625 bits per heavy atom. The Hall–Kier alpha value is -3.85. The zero-order valence-electron chi connectivity index (χ0n) is 31.0. The second-order valence-electron chi connectivity index (χ2n) is 12.7. The molecule has 6 aromatic rings. The first-order valence-corrected chi connectivity index (χ1v) is 23.9. The predicted molar refractivity (Wildman–Crippen MR) is 213 cm³/mol. The van der Waals surface area contributed by atoms with E-state index >= 15 is 0 Å². The van der Waals surface area contributed by atoms with Crippen LogP contribution < -0.4 is 10.5 Å². The van der Waals surface area contributed by atoms with E-state index < -0.39 is 44.3 Å². The molecule has 0 fully saturated rings. The van der Waals surface area contributed by atoms with Crippen molar-refractivity contribution in [2.45, 2.75) is 64.7 Å². The van der Waals surface area contributed by atoms with Crippen molar-refractivity contribution >= 4 is 58.9 Å². The summed E-state index contributed by atoms with van der Waals surface area (Å²) in [5, 5.41) is 7.97. The summed E-state index contributed by atoms with van der Waals surface area (Å²) in [5.41, 5.74) is 2.96. The maximum atomic E-state index is 13.3. The molecule has 0 heterocycles. The van der Waals surface area contributed by atoms with E-state index in [0.29, 0.717) is 35.8 Å². The summed E-state index contributed by atoms with van der Waals surface area (Å²) in [6.45, 7) is 8.50. The van der Waals surface area contributed by atoms with Crippen LogP contribution in [-0.4, -0.2) is 20.4 Å². The van der Waals surface area contributed by atoms with Crippen LogP contribution in [0, 0.1) is 0 Å². The van der Waals surface area contributed by atoms with E-state index in [-0.39, 0.29) is 11.1 Å². The predicted octanol–water partition coefficient (Wildman–Crippen LogP) is 12.9. The first kappa shape index (κ1) is 46.5. The van der Waals surface area contributed by atoms with Gasteiger partial charge in [-0.3, -0.25) is 9.59 Å². The van der Waals surface area contributed by atoms with Gasteiger partial charge < -0.3 is 10.5 Å². The quantitative estimate of drug-likeness (QED) is 0.0473. The van der Waals surface area contributed by atoms with Gasteiger partial charge in [-0.1, -0.05) is 100 Å². The van der Waals surface area contributed by atoms with Gasteiger partial charge in [0, 0.05) is 0 Å². The van der Waals surface area contributed by atoms with E-state index in [4.69, 9.17) is 17.0 Å². The number of carbonyl (C=O) groups excluding carboxylic acids is 2. The first-order chi connectivity index (χ1) is 26.7. The standard InChI is InChI=1S/2C20H18F3.C2H4BN2O2.2ClH.Zr/c2*1-3-13(2)15-11-14-7-6-9-16(18(14)12-15)17-8-4-5-10-19(17)20(21,22)23;6-1-4-3-5-2-7;;;/h2*4-13H,3H2,1-2H3;1-2H,(H,4,6)(H,5,7);2*1H;/q2*-1;;;;+4/p-2. The second kappa shape index (κ2) is 22.2. The molecular formula is C42H40BCl2F6N2O2Zr. The van der Waals surface area contributed by atoms with Gasteiger partial charge in [-0.2, -0.15) is 38.5 Å². The van der Waals surface area contributed by atoms with Gasteiger partial charge in [0.15, 0.2) is 12.8 Å². The number of nitrogens with one attached hydrogen (secondary N) is 2. The molecule has 56 heavy (non-hydrogen) atoms. The van der Waals surface area contributed by atoms with Crippen molar-refractivity contribution in [3.8, 4) is 22.3 Å². The Bertz CT molecular complexity index is 2000. The van der Waals surface area contributed by atoms with Crippen LogP contribution in [0.3, 0.4) is 0 Å². The van der Waals surface area contributed by atoms with Crippen molar-refractivity contribution in [3.63, 3.8) is 0 Å². The molecule has 293 valence electrons. The van der Waals surface area contributed by atoms with Crippen LogP contribution in [0.4, 0.5) is 26.3 Å². The molecule has 2 atom stereocenters. The molecule has 0 saturated carbocycles. The molecule has 1 radical (unpaired) electrons. The molecule has 14 heteroatoms. The first-order valence-electron chi connectivity index (χ1n) is 17.6. The number of amides is 2. The number of rotatable bonds is 10. The molecule has 0 aromatic heterocycles. The summed E-state index contributed by atoms with van der Waals surface area (Å²) in [6, 6.07) is 30.9. The van der Waals surface area contributed by atoms with Crippen LogP contribution in [0.15, 0.2) is 109 Å². The van der Waals surface area contributed by atoms with Crippen LogP contribution >= 0.6 is 17.0 Å². The molecule has 6 aromatic carbocycles. The van der Waals surface area contributed by atoms with Crippen molar-refractivity contribution in [2.24, 2.45) is 0 Å². The summed E-state index contributed by atoms with van der Waals surface area (Å²) in [6.07, 6.45) is -5.79. The molecule has 2 N–H and O–H groups in total. The fourth-order valence-corrected chi connectivity index (χ4v) is 6.07. The molecule has 0 aliphatic carbocycles. The van der Waals surface area contributed by atoms with E-state index in [2.05, 4.69) is 50.3 Å². The summed E-state index contributed by atoms with van der Waals surface area (Å²) >= 11 is -0.826. The van der Waals surface area contributed by atoms with Gasteiger partial charge in [0.05, 0.1) is 11.1 Å². The van der Waals surface area contributed by atoms with Crippen molar-refractivity contribution in [1.29, 1.82) is 0 Å². The molecule has 0 aliphatic rings. The van der Waals surface area contributed by atoms with E-state index in [0.717, 1.165) is 54.1 Å². The topological polar surface area (TPSA) is 58.2 Å². The molecule has 0 saturated heterocycles. The minimum atomic E-state index is -4.36. The molecule has 0 aliphatic heterocycles. The van der Waals surface area contributed by atoms with E-state index in [9.17, 15) is 35.9 Å². The summed E-state index contributed by atoms with van der Waals surface area (Å²) in [4.78, 5) is 18.8. The fourth-order valence-electron chi connectivity index (χ4n) is 6.07. The van der Waals surface area contributed by atoms with Crippen LogP contribution in [0.25, 0.3) is 43.8 Å². The van der Waals surface area contributed by atoms with Crippen LogP contribution in [0.1, 0.15) is 74.6 Å². The van der Waals surface area contributed by atoms with Gasteiger partial charge in [-0.15, -0.1) is 69.1 Å². The third kappa shape index (κ3) is 12.6. The van der Waals surface area contributed by atoms with Crippen LogP contribution in [0.5, 0.6) is 0 Å². The van der Waals surface area contributed by atoms with Gasteiger partial charge >= 0.3 is 57.8 Å². The van der Waals surface area contributed by atoms with Crippen molar-refractivity contribution in [2.75, 3.05) is 0 Å². The van der Waals surface area contributed by atoms with Crippen LogP contribution in [-0.2, 0) is 42.8 Å². The molecule has 6 rings (SSSR count). The SMILES string of the molecule is CCC(C)c1cc2c(-c3ccccc3C(F)(F)F)cccc2[cH-]1.CCC(C)c1cc2c(-c3ccccc3C(F)(F)F)cccc2[cH-]1.O=CN[B]NC=O.[Cl][Zr+2][Cl]. The summed E-state index contributed by atoms with van der Waals surface area (Å²) in [5.74, 6) is 0.793. The average Bonchev–Trinajstić information content (AvgIpc) is 3.83. The van der Waals surface area contributed by atoms with E-state index in [1.165, 1.54) is 23.3 Å². The van der Waals surface area contributed by atoms with Gasteiger partial charge in [0.2, 0.25) is 0 Å². The number of fused-ring (bicyclic) bond motifs is 2. The maximum absolute atomic E-state index is 13.3. The Kier molecular flexibility index (Phi) is 18.4. The number of hydrogen-bond acceptors (Lipinski definition) is 2. The third-order valence-corrected chi connectivity index (χ3v) is 9.26. The molecular weight excluding hydrogens is 851 g/mol. The summed E-state index contributed by atoms with van der Waals surface area (Å²) in [7, 11) is 11.0. The third-order valence-electron chi connectivity index (χ3n) is 9.26. The van der Waals surface area contributed by atoms with Gasteiger partial charge in [0.1, 0.15) is 0 Å². The Morgan fingerprint density at radius 3 is 1.29 bits per heavy atom. The second-order valence-corrected chi connectivity index (χ2v) is 16.4. The Labute approximate surface area is 342 Å². The van der Waals surface area contributed by atoms with Crippen molar-refractivity contribution in [3.05, 3.63) is 131 Å². The molecule has 4 nitrogen and oxygen atoms in total. The molecule has 2 amide bonds. The van der Waals surface area contributed by atoms with E-state index in [1.54, 1.807) is 36.4 Å². The zero-order chi connectivity index (χ0) is 41.5. The average molecular weight is 892 g/mol. The fraction of sp³-hybridized carbons (Fsp3) is 0.238. The number of carbonyl (C=O) groups is 2. The van der Waals surface area contributed by atoms with Gasteiger partial charge in [0.25, 0.3) is 0 Å². The molecule has 0 spiro atoms. The normalized spacial score (nSPS) is 12.0. The van der Waals surface area contributed by atoms with Crippen molar-refractivity contribution in [1.82, 2.24) is 10.5 Å². The van der Waals surface area contributed by atoms with Crippen LogP contribution in [0.2, 0.25) is 0 Å². The summed E-state index contributed by atoms with van der Waals surface area (Å²) < 4.78 is 79.9. The van der Waals surface area contributed by atoms with Crippen molar-refractivity contribution < 1.29 is 56.8 Å². The number of halogens is 8. The monoisotopic (exact) mass is 889 g/mol. The van der Waals surface area contributed by atoms with E-state index in [1.807, 2.05) is 36.4 Å². The Balaban J connectivity index is 0.000000243. The molecule has 2 unspecified atom stereocenters. The number of benzene rings is 4.